The Morgan fingerprint density at radius 3 is 2.17 bits per heavy atom. The van der Waals surface area contributed by atoms with Crippen molar-refractivity contribution in [2.45, 2.75) is 41.5 Å². The Hall–Kier alpha value is -2.44. The molecule has 0 aliphatic carbocycles. The molecule has 0 aliphatic heterocycles. The maximum atomic E-state index is 13.5. The number of nitrogens with zero attached hydrogens (tertiary/aromatic N) is 3. The Labute approximate surface area is 136 Å². The Morgan fingerprint density at radius 1 is 1.22 bits per heavy atom. The molecule has 7 heteroatoms. The second-order valence-electron chi connectivity index (χ2n) is 4.03. The van der Waals surface area contributed by atoms with Crippen LogP contribution in [0.1, 0.15) is 39.2 Å². The molecule has 0 saturated carbocycles. The predicted molar refractivity (Wildman–Crippen MR) is 88.9 cm³/mol. The highest BCUT2D eigenvalue weighted by Gasteiger charge is 2.24. The Kier molecular flexibility index (Phi) is 8.54. The van der Waals surface area contributed by atoms with Gasteiger partial charge in [-0.3, -0.25) is 14.7 Å². The van der Waals surface area contributed by atoms with Crippen molar-refractivity contribution in [3.63, 3.8) is 0 Å². The molecule has 1 aromatic heterocycles. The molecule has 0 saturated heterocycles. The highest BCUT2D eigenvalue weighted by molar-refractivity contribution is 5.62. The summed E-state index contributed by atoms with van der Waals surface area (Å²) in [4.78, 5) is 14.7. The molecule has 0 bridgehead atoms. The molecule has 0 radical (unpaired) electrons. The van der Waals surface area contributed by atoms with Crippen LogP contribution in [-0.4, -0.2) is 21.6 Å². The van der Waals surface area contributed by atoms with Gasteiger partial charge in [0.05, 0.1) is 17.7 Å². The van der Waals surface area contributed by atoms with E-state index in [4.69, 9.17) is 4.74 Å². The van der Waals surface area contributed by atoms with E-state index >= 15 is 0 Å². The molecule has 2 rings (SSSR count). The van der Waals surface area contributed by atoms with Gasteiger partial charge in [-0.2, -0.15) is 0 Å². The number of aryl methyl sites for hydroxylation is 2. The molecule has 1 aromatic carbocycles. The Balaban J connectivity index is 0.00000112. The number of hydrogen-bond acceptors (Lipinski definition) is 4. The van der Waals surface area contributed by atoms with Crippen LogP contribution in [0, 0.1) is 29.8 Å². The standard InChI is InChI=1S/C12H12FN3O3.2C2H6/c1-7-6-15(8(2)14-7)10-4-9(13)5-11(19-3)12(10)16(17)18;2*1-2/h4-6H,1-3H3;2*1-2H3. The van der Waals surface area contributed by atoms with E-state index in [-0.39, 0.29) is 17.1 Å². The normalized spacial score (nSPS) is 9.22. The highest BCUT2D eigenvalue weighted by atomic mass is 19.1. The molecule has 6 nitrogen and oxygen atoms in total. The van der Waals surface area contributed by atoms with Crippen LogP contribution in [0.4, 0.5) is 10.1 Å². The Bertz CT molecular complexity index is 654. The first-order valence-electron chi connectivity index (χ1n) is 7.49. The van der Waals surface area contributed by atoms with Gasteiger partial charge in [-0.1, -0.05) is 27.7 Å². The molecular formula is C16H24FN3O3. The first kappa shape index (κ1) is 20.6. The van der Waals surface area contributed by atoms with Gasteiger partial charge in [0.15, 0.2) is 0 Å². The molecule has 0 fully saturated rings. The molecule has 23 heavy (non-hydrogen) atoms. The summed E-state index contributed by atoms with van der Waals surface area (Å²) in [7, 11) is 1.26. The fraction of sp³-hybridized carbons (Fsp3) is 0.438. The van der Waals surface area contributed by atoms with Crippen LogP contribution in [0.25, 0.3) is 5.69 Å². The number of ether oxygens (including phenoxy) is 1. The lowest BCUT2D eigenvalue weighted by molar-refractivity contribution is -0.385. The number of benzene rings is 1. The largest absolute Gasteiger partial charge is 0.490 e. The zero-order chi connectivity index (χ0) is 18.2. The third-order valence-electron chi connectivity index (χ3n) is 2.68. The SMILES string of the molecule is CC.CC.COc1cc(F)cc(-n2cc(C)nc2C)c1[N+](=O)[O-]. The lowest BCUT2D eigenvalue weighted by atomic mass is 10.2. The molecule has 0 amide bonds. The summed E-state index contributed by atoms with van der Waals surface area (Å²) in [6.45, 7) is 11.4. The second kappa shape index (κ2) is 9.55. The molecule has 0 unspecified atom stereocenters. The van der Waals surface area contributed by atoms with Crippen molar-refractivity contribution in [2.75, 3.05) is 7.11 Å². The van der Waals surface area contributed by atoms with Crippen molar-refractivity contribution in [1.29, 1.82) is 0 Å². The Morgan fingerprint density at radius 2 is 1.78 bits per heavy atom. The molecule has 0 atom stereocenters. The quantitative estimate of drug-likeness (QED) is 0.611. The van der Waals surface area contributed by atoms with E-state index in [1.807, 2.05) is 27.7 Å². The van der Waals surface area contributed by atoms with Crippen molar-refractivity contribution in [2.24, 2.45) is 0 Å². The van der Waals surface area contributed by atoms with Gasteiger partial charge in [-0.05, 0) is 13.8 Å². The van der Waals surface area contributed by atoms with Crippen LogP contribution in [0.2, 0.25) is 0 Å². The average Bonchev–Trinajstić information content (AvgIpc) is 2.88. The van der Waals surface area contributed by atoms with Crippen molar-refractivity contribution >= 4 is 5.69 Å². The van der Waals surface area contributed by atoms with E-state index in [2.05, 4.69) is 4.98 Å². The number of imidazole rings is 1. The first-order chi connectivity index (χ1) is 10.9. The number of aromatic nitrogens is 2. The number of hydrogen-bond donors (Lipinski definition) is 0. The van der Waals surface area contributed by atoms with Crippen molar-refractivity contribution in [3.05, 3.63) is 45.8 Å². The first-order valence-corrected chi connectivity index (χ1v) is 7.49. The van der Waals surface area contributed by atoms with Crippen LogP contribution >= 0.6 is 0 Å². The number of nitro groups is 1. The van der Waals surface area contributed by atoms with Crippen LogP contribution in [0.15, 0.2) is 18.3 Å². The lowest BCUT2D eigenvalue weighted by Crippen LogP contribution is -2.04. The van der Waals surface area contributed by atoms with Crippen molar-refractivity contribution < 1.29 is 14.1 Å². The van der Waals surface area contributed by atoms with Crippen LogP contribution < -0.4 is 4.74 Å². The predicted octanol–water partition coefficient (Wildman–Crippen LogP) is 4.60. The molecule has 128 valence electrons. The number of rotatable bonds is 3. The molecule has 0 aliphatic rings. The fourth-order valence-corrected chi connectivity index (χ4v) is 1.95. The van der Waals surface area contributed by atoms with E-state index in [0.29, 0.717) is 11.5 Å². The number of methoxy groups -OCH3 is 1. The van der Waals surface area contributed by atoms with E-state index in [9.17, 15) is 14.5 Å². The lowest BCUT2D eigenvalue weighted by Gasteiger charge is -2.09. The van der Waals surface area contributed by atoms with Gasteiger partial charge in [-0.15, -0.1) is 0 Å². The van der Waals surface area contributed by atoms with E-state index in [0.717, 1.165) is 12.1 Å². The minimum atomic E-state index is -0.608. The minimum absolute atomic E-state index is 0.0972. The third-order valence-corrected chi connectivity index (χ3v) is 2.68. The van der Waals surface area contributed by atoms with Crippen LogP contribution in [-0.2, 0) is 0 Å². The van der Waals surface area contributed by atoms with Crippen LogP contribution in [0.3, 0.4) is 0 Å². The summed E-state index contributed by atoms with van der Waals surface area (Å²) in [5.41, 5.74) is 0.499. The zero-order valence-electron chi connectivity index (χ0n) is 14.7. The summed E-state index contributed by atoms with van der Waals surface area (Å²) >= 11 is 0. The smallest absolute Gasteiger partial charge is 0.334 e. The van der Waals surface area contributed by atoms with E-state index in [1.165, 1.54) is 11.7 Å². The van der Waals surface area contributed by atoms with Gasteiger partial charge in [0, 0.05) is 18.3 Å². The summed E-state index contributed by atoms with van der Waals surface area (Å²) in [5.74, 6) is -0.192. The van der Waals surface area contributed by atoms with Crippen molar-refractivity contribution in [3.8, 4) is 11.4 Å². The summed E-state index contributed by atoms with van der Waals surface area (Å²) in [5, 5.41) is 11.2. The van der Waals surface area contributed by atoms with Gasteiger partial charge < -0.3 is 4.74 Å². The average molecular weight is 325 g/mol. The van der Waals surface area contributed by atoms with Crippen molar-refractivity contribution in [1.82, 2.24) is 9.55 Å². The van der Waals surface area contributed by atoms with Gasteiger partial charge in [-0.25, -0.2) is 9.37 Å². The van der Waals surface area contributed by atoms with Crippen LogP contribution in [0.5, 0.6) is 5.75 Å². The van der Waals surface area contributed by atoms with E-state index < -0.39 is 10.7 Å². The summed E-state index contributed by atoms with van der Waals surface area (Å²) < 4.78 is 19.9. The number of nitro benzene ring substituents is 1. The molecule has 2 aromatic rings. The summed E-state index contributed by atoms with van der Waals surface area (Å²) in [6.07, 6.45) is 1.61. The van der Waals surface area contributed by atoms with Gasteiger partial charge in [0.1, 0.15) is 17.3 Å². The van der Waals surface area contributed by atoms with Gasteiger partial charge in [0.2, 0.25) is 5.75 Å². The van der Waals surface area contributed by atoms with Gasteiger partial charge >= 0.3 is 5.69 Å². The highest BCUT2D eigenvalue weighted by Crippen LogP contribution is 2.35. The summed E-state index contributed by atoms with van der Waals surface area (Å²) in [6, 6.07) is 2.08. The second-order valence-corrected chi connectivity index (χ2v) is 4.03. The maximum Gasteiger partial charge on any atom is 0.334 e. The maximum absolute atomic E-state index is 13.5. The van der Waals surface area contributed by atoms with E-state index in [1.54, 1.807) is 20.0 Å². The molecule has 1 heterocycles. The third kappa shape index (κ3) is 4.77. The zero-order valence-corrected chi connectivity index (χ0v) is 14.7. The molecule has 0 spiro atoms. The fourth-order valence-electron chi connectivity index (χ4n) is 1.95. The molecular weight excluding hydrogens is 301 g/mol. The monoisotopic (exact) mass is 325 g/mol. The minimum Gasteiger partial charge on any atom is -0.490 e. The topological polar surface area (TPSA) is 70.2 Å². The molecule has 0 N–H and O–H groups in total. The number of halogens is 1. The van der Waals surface area contributed by atoms with Gasteiger partial charge in [0.25, 0.3) is 0 Å².